The second-order valence-corrected chi connectivity index (χ2v) is 4.23. The third-order valence-electron chi connectivity index (χ3n) is 1.42. The number of carboxylic acid groups (broad SMARTS) is 1. The minimum Gasteiger partial charge on any atom is -0.790 e. The largest absolute Gasteiger partial charge is 0.790 e. The molecule has 1 N–H and O–H groups in total. The van der Waals surface area contributed by atoms with Gasteiger partial charge in [-0.2, -0.15) is 0 Å². The van der Waals surface area contributed by atoms with E-state index in [4.69, 9.17) is 0 Å². The van der Waals surface area contributed by atoms with Crippen molar-refractivity contribution in [1.29, 1.82) is 0 Å². The zero-order valence-electron chi connectivity index (χ0n) is 7.47. The predicted octanol–water partition coefficient (Wildman–Crippen LogP) is -2.89. The van der Waals surface area contributed by atoms with Crippen LogP contribution >= 0.6 is 7.82 Å². The molecule has 0 heterocycles. The van der Waals surface area contributed by atoms with Gasteiger partial charge in [-0.15, -0.1) is 0 Å². The van der Waals surface area contributed by atoms with E-state index >= 15 is 0 Å². The minimum atomic E-state index is -5.06. The van der Waals surface area contributed by atoms with Crippen LogP contribution in [0.1, 0.15) is 19.8 Å². The first-order valence-electron chi connectivity index (χ1n) is 3.71. The van der Waals surface area contributed by atoms with Gasteiger partial charge in [0.1, 0.15) is 0 Å². The Labute approximate surface area is 80.6 Å². The van der Waals surface area contributed by atoms with Crippen LogP contribution in [-0.2, 0) is 13.9 Å². The number of aliphatic carboxylic acids is 1. The van der Waals surface area contributed by atoms with Crippen LogP contribution in [0.5, 0.6) is 0 Å². The van der Waals surface area contributed by atoms with Crippen molar-refractivity contribution in [3.63, 3.8) is 0 Å². The highest BCUT2D eigenvalue weighted by Gasteiger charge is 2.20. The van der Waals surface area contributed by atoms with E-state index in [0.29, 0.717) is 0 Å². The Hall–Kier alpha value is -0.460. The predicted molar refractivity (Wildman–Crippen MR) is 38.4 cm³/mol. The Kier molecular flexibility index (Phi) is 4.70. The van der Waals surface area contributed by atoms with Crippen molar-refractivity contribution >= 4 is 13.8 Å². The lowest BCUT2D eigenvalue weighted by atomic mass is 9.99. The summed E-state index contributed by atoms with van der Waals surface area (Å²) < 4.78 is 13.8. The monoisotopic (exact) mass is 225 g/mol. The van der Waals surface area contributed by atoms with Gasteiger partial charge in [-0.25, -0.2) is 0 Å². The van der Waals surface area contributed by atoms with Crippen molar-refractivity contribution in [1.82, 2.24) is 0 Å². The van der Waals surface area contributed by atoms with Crippen LogP contribution in [0.25, 0.3) is 0 Å². The smallest absolute Gasteiger partial charge is 0.0693 e. The van der Waals surface area contributed by atoms with Gasteiger partial charge in [0.05, 0.1) is 20.0 Å². The quantitative estimate of drug-likeness (QED) is 0.479. The van der Waals surface area contributed by atoms with Gasteiger partial charge in [0.15, 0.2) is 0 Å². The molecular weight excluding hydrogens is 215 g/mol. The lowest BCUT2D eigenvalue weighted by Crippen LogP contribution is -2.36. The Morgan fingerprint density at radius 1 is 1.57 bits per heavy atom. The fourth-order valence-corrected chi connectivity index (χ4v) is 1.09. The minimum absolute atomic E-state index is 0.282. The van der Waals surface area contributed by atoms with Crippen LogP contribution in [-0.4, -0.2) is 23.3 Å². The third kappa shape index (κ3) is 8.15. The Morgan fingerprint density at radius 2 is 2.07 bits per heavy atom. The lowest BCUT2D eigenvalue weighted by Gasteiger charge is -2.31. The number of phosphoric acid groups is 1. The summed E-state index contributed by atoms with van der Waals surface area (Å²) in [5, 5.41) is 19.4. The van der Waals surface area contributed by atoms with Crippen molar-refractivity contribution < 1.29 is 33.9 Å². The first-order valence-corrected chi connectivity index (χ1v) is 5.17. The molecule has 0 aromatic carbocycles. The molecule has 0 aliphatic heterocycles. The van der Waals surface area contributed by atoms with E-state index in [1.165, 1.54) is 6.92 Å². The van der Waals surface area contributed by atoms with Gasteiger partial charge in [0, 0.05) is 12.4 Å². The Bertz CT molecular complexity index is 243. The van der Waals surface area contributed by atoms with Crippen LogP contribution in [0.15, 0.2) is 0 Å². The summed E-state index contributed by atoms with van der Waals surface area (Å²) in [4.78, 5) is 30.0. The van der Waals surface area contributed by atoms with Gasteiger partial charge in [-0.3, -0.25) is 0 Å². The molecule has 8 heteroatoms. The maximum absolute atomic E-state index is 10.1. The van der Waals surface area contributed by atoms with Gasteiger partial charge < -0.3 is 33.9 Å². The summed E-state index contributed by atoms with van der Waals surface area (Å²) in [5.41, 5.74) is -1.64. The first kappa shape index (κ1) is 13.5. The van der Waals surface area contributed by atoms with Crippen molar-refractivity contribution in [3.05, 3.63) is 0 Å². The number of hydrogen-bond donors (Lipinski definition) is 1. The van der Waals surface area contributed by atoms with Crippen LogP contribution < -0.4 is 14.9 Å². The lowest BCUT2D eigenvalue weighted by molar-refractivity contribution is -0.342. The zero-order chi connectivity index (χ0) is 11.4. The molecular formula is C6H10O7P-3. The molecule has 0 bridgehead atoms. The van der Waals surface area contributed by atoms with Crippen molar-refractivity contribution in [2.75, 3.05) is 6.61 Å². The molecule has 0 aliphatic carbocycles. The molecule has 0 radical (unpaired) electrons. The van der Waals surface area contributed by atoms with Crippen molar-refractivity contribution in [2.45, 2.75) is 25.4 Å². The highest BCUT2D eigenvalue weighted by atomic mass is 31.2. The molecule has 0 aliphatic rings. The molecule has 0 unspecified atom stereocenters. The standard InChI is InChI=1S/C6H13O7P/c1-6(9,4-5(7)8)2-3-13-14(10,11)12/h9H,2-4H2,1H3,(H,7,8)(H2,10,11,12)/p-3/t6-/m1/s1. The second kappa shape index (κ2) is 4.86. The summed E-state index contributed by atoms with van der Waals surface area (Å²) in [6, 6.07) is 0. The number of carboxylic acids is 1. The number of carbonyl (C=O) groups excluding carboxylic acids is 1. The molecule has 0 fully saturated rings. The average Bonchev–Trinajstić information content (AvgIpc) is 1.78. The van der Waals surface area contributed by atoms with Crippen molar-refractivity contribution in [2.24, 2.45) is 0 Å². The fourth-order valence-electron chi connectivity index (χ4n) is 0.777. The molecule has 0 saturated heterocycles. The maximum Gasteiger partial charge on any atom is 0.0693 e. The van der Waals surface area contributed by atoms with Crippen molar-refractivity contribution in [3.8, 4) is 0 Å². The van der Waals surface area contributed by atoms with Crippen LogP contribution in [0.2, 0.25) is 0 Å². The van der Waals surface area contributed by atoms with Gasteiger partial charge in [-0.1, -0.05) is 0 Å². The zero-order valence-corrected chi connectivity index (χ0v) is 8.36. The molecule has 0 spiro atoms. The summed E-state index contributed by atoms with van der Waals surface area (Å²) in [6.45, 7) is 0.622. The molecule has 0 rings (SSSR count). The van der Waals surface area contributed by atoms with E-state index in [-0.39, 0.29) is 6.42 Å². The topological polar surface area (TPSA) is 133 Å². The summed E-state index contributed by atoms with van der Waals surface area (Å²) in [6.07, 6.45) is -0.937. The summed E-state index contributed by atoms with van der Waals surface area (Å²) in [7, 11) is -5.06. The molecule has 14 heavy (non-hydrogen) atoms. The third-order valence-corrected chi connectivity index (χ3v) is 1.91. The van der Waals surface area contributed by atoms with Gasteiger partial charge >= 0.3 is 0 Å². The number of carbonyl (C=O) groups is 1. The SMILES string of the molecule is C[C@@](O)(CCOP(=O)([O-])[O-])CC(=O)[O-]. The average molecular weight is 225 g/mol. The van der Waals surface area contributed by atoms with E-state index in [1.807, 2.05) is 0 Å². The Morgan fingerprint density at radius 3 is 2.43 bits per heavy atom. The molecule has 84 valence electrons. The molecule has 0 saturated carbocycles. The van der Waals surface area contributed by atoms with E-state index in [2.05, 4.69) is 4.52 Å². The van der Waals surface area contributed by atoms with E-state index in [1.54, 1.807) is 0 Å². The van der Waals surface area contributed by atoms with E-state index in [9.17, 15) is 29.4 Å². The summed E-state index contributed by atoms with van der Waals surface area (Å²) >= 11 is 0. The number of phosphoric ester groups is 1. The normalized spacial score (nSPS) is 16.3. The fraction of sp³-hybridized carbons (Fsp3) is 0.833. The maximum atomic E-state index is 10.1. The van der Waals surface area contributed by atoms with Gasteiger partial charge in [0.2, 0.25) is 0 Å². The van der Waals surface area contributed by atoms with Crippen LogP contribution in [0.4, 0.5) is 0 Å². The van der Waals surface area contributed by atoms with Crippen LogP contribution in [0.3, 0.4) is 0 Å². The number of hydrogen-bond acceptors (Lipinski definition) is 7. The second-order valence-electron chi connectivity index (χ2n) is 3.08. The molecule has 1 atom stereocenters. The van der Waals surface area contributed by atoms with Crippen LogP contribution in [0, 0.1) is 0 Å². The molecule has 0 amide bonds. The van der Waals surface area contributed by atoms with E-state index in [0.717, 1.165) is 0 Å². The van der Waals surface area contributed by atoms with E-state index < -0.39 is 32.4 Å². The number of aliphatic hydroxyl groups is 1. The van der Waals surface area contributed by atoms with Gasteiger partial charge in [-0.05, 0) is 13.3 Å². The first-order chi connectivity index (χ1) is 6.12. The molecule has 0 aromatic rings. The highest BCUT2D eigenvalue weighted by Crippen LogP contribution is 2.26. The molecule has 0 aromatic heterocycles. The number of rotatable bonds is 6. The van der Waals surface area contributed by atoms with Gasteiger partial charge in [0.25, 0.3) is 0 Å². The highest BCUT2D eigenvalue weighted by molar-refractivity contribution is 7.43. The Balaban J connectivity index is 3.88. The summed E-state index contributed by atoms with van der Waals surface area (Å²) in [5.74, 6) is -1.47. The molecule has 7 nitrogen and oxygen atoms in total.